The summed E-state index contributed by atoms with van der Waals surface area (Å²) in [5.41, 5.74) is 9.89. The van der Waals surface area contributed by atoms with E-state index in [2.05, 4.69) is 17.1 Å². The molecule has 1 aromatic carbocycles. The van der Waals surface area contributed by atoms with Gasteiger partial charge in [0.15, 0.2) is 5.82 Å². The van der Waals surface area contributed by atoms with E-state index in [1.165, 1.54) is 25.7 Å². The molecule has 0 aliphatic heterocycles. The first-order valence-corrected chi connectivity index (χ1v) is 6.86. The quantitative estimate of drug-likeness (QED) is 0.835. The number of nitrogens with zero attached hydrogens (tertiary/aromatic N) is 2. The zero-order chi connectivity index (χ0) is 13.4. The molecule has 0 bridgehead atoms. The minimum absolute atomic E-state index is 0.472. The van der Waals surface area contributed by atoms with E-state index >= 15 is 0 Å². The number of aryl methyl sites for hydroxylation is 1. The van der Waals surface area contributed by atoms with Gasteiger partial charge in [0.1, 0.15) is 0 Å². The summed E-state index contributed by atoms with van der Waals surface area (Å²) in [4.78, 5) is 4.57. The van der Waals surface area contributed by atoms with E-state index in [4.69, 9.17) is 10.3 Å². The van der Waals surface area contributed by atoms with Gasteiger partial charge in [-0.2, -0.15) is 4.98 Å². The second-order valence-electron chi connectivity index (χ2n) is 5.45. The summed E-state index contributed by atoms with van der Waals surface area (Å²) in [5, 5.41) is 4.15. The Morgan fingerprint density at radius 3 is 2.68 bits per heavy atom. The van der Waals surface area contributed by atoms with E-state index in [1.807, 2.05) is 19.1 Å². The first kappa shape index (κ1) is 12.2. The highest BCUT2D eigenvalue weighted by molar-refractivity contribution is 5.66. The van der Waals surface area contributed by atoms with E-state index in [0.717, 1.165) is 28.2 Å². The van der Waals surface area contributed by atoms with Gasteiger partial charge in [-0.1, -0.05) is 18.0 Å². The first-order valence-electron chi connectivity index (χ1n) is 6.86. The molecular formula is C15H19N3O. The fraction of sp³-hybridized carbons (Fsp3) is 0.467. The average molecular weight is 257 g/mol. The van der Waals surface area contributed by atoms with Crippen LogP contribution in [0.4, 0.5) is 5.69 Å². The number of benzene rings is 1. The summed E-state index contributed by atoms with van der Waals surface area (Å²) in [5.74, 6) is 1.92. The molecule has 1 heterocycles. The lowest BCUT2D eigenvalue weighted by Crippen LogP contribution is -1.96. The van der Waals surface area contributed by atoms with Crippen molar-refractivity contribution in [3.63, 3.8) is 0 Å². The summed E-state index contributed by atoms with van der Waals surface area (Å²) in [6.07, 6.45) is 4.89. The predicted molar refractivity (Wildman–Crippen MR) is 74.8 cm³/mol. The molecule has 1 fully saturated rings. The van der Waals surface area contributed by atoms with Crippen LogP contribution < -0.4 is 5.73 Å². The van der Waals surface area contributed by atoms with Crippen LogP contribution in [0.1, 0.15) is 48.6 Å². The van der Waals surface area contributed by atoms with Crippen LogP contribution >= 0.6 is 0 Å². The lowest BCUT2D eigenvalue weighted by atomic mass is 10.0. The van der Waals surface area contributed by atoms with Gasteiger partial charge in [0.05, 0.1) is 0 Å². The molecule has 0 saturated heterocycles. The minimum Gasteiger partial charge on any atom is -0.399 e. The zero-order valence-electron chi connectivity index (χ0n) is 11.4. The average Bonchev–Trinajstić information content (AvgIpc) is 3.03. The molecule has 1 aromatic heterocycles. The van der Waals surface area contributed by atoms with Crippen LogP contribution in [0.3, 0.4) is 0 Å². The Morgan fingerprint density at radius 1 is 1.21 bits per heavy atom. The topological polar surface area (TPSA) is 64.9 Å². The molecule has 1 saturated carbocycles. The third-order valence-corrected chi connectivity index (χ3v) is 4.08. The van der Waals surface area contributed by atoms with Crippen LogP contribution in [-0.4, -0.2) is 10.1 Å². The Labute approximate surface area is 113 Å². The van der Waals surface area contributed by atoms with Crippen molar-refractivity contribution in [2.24, 2.45) is 0 Å². The third kappa shape index (κ3) is 2.23. The maximum absolute atomic E-state index is 5.90. The Hall–Kier alpha value is -1.84. The molecule has 3 rings (SSSR count). The number of hydrogen-bond donors (Lipinski definition) is 1. The second-order valence-corrected chi connectivity index (χ2v) is 5.45. The maximum Gasteiger partial charge on any atom is 0.258 e. The highest BCUT2D eigenvalue weighted by atomic mass is 16.5. The van der Waals surface area contributed by atoms with Gasteiger partial charge >= 0.3 is 0 Å². The number of anilines is 1. The summed E-state index contributed by atoms with van der Waals surface area (Å²) < 4.78 is 5.44. The van der Waals surface area contributed by atoms with Gasteiger partial charge in [-0.15, -0.1) is 0 Å². The number of nitrogen functional groups attached to an aromatic ring is 1. The number of aromatic nitrogens is 2. The summed E-state index contributed by atoms with van der Waals surface area (Å²) in [6, 6.07) is 3.88. The second kappa shape index (κ2) is 4.68. The molecule has 2 aromatic rings. The van der Waals surface area contributed by atoms with Crippen molar-refractivity contribution in [1.82, 2.24) is 10.1 Å². The Kier molecular flexibility index (Phi) is 3.01. The first-order chi connectivity index (χ1) is 9.15. The Bertz CT molecular complexity index is 597. The van der Waals surface area contributed by atoms with Crippen LogP contribution in [0.5, 0.6) is 0 Å². The third-order valence-electron chi connectivity index (χ3n) is 4.08. The number of nitrogens with two attached hydrogens (primary N) is 1. The summed E-state index contributed by atoms with van der Waals surface area (Å²) in [7, 11) is 0. The molecular weight excluding hydrogens is 238 g/mol. The molecule has 4 heteroatoms. The van der Waals surface area contributed by atoms with Gasteiger partial charge in [-0.3, -0.25) is 0 Å². The SMILES string of the molecule is Cc1cc(N)cc(-c2nc(C3CCCC3)no2)c1C. The standard InChI is InChI=1S/C15H19N3O/c1-9-7-12(16)8-13(10(9)2)15-17-14(18-19-15)11-5-3-4-6-11/h7-8,11H,3-6,16H2,1-2H3. The molecule has 0 radical (unpaired) electrons. The van der Waals surface area contributed by atoms with Gasteiger partial charge in [0.2, 0.25) is 0 Å². The molecule has 1 aliphatic rings. The van der Waals surface area contributed by atoms with E-state index in [1.54, 1.807) is 0 Å². The fourth-order valence-corrected chi connectivity index (χ4v) is 2.80. The molecule has 0 spiro atoms. The van der Waals surface area contributed by atoms with Crippen molar-refractivity contribution in [2.75, 3.05) is 5.73 Å². The van der Waals surface area contributed by atoms with Crippen molar-refractivity contribution < 1.29 is 4.52 Å². The fourth-order valence-electron chi connectivity index (χ4n) is 2.80. The Balaban J connectivity index is 1.98. The molecule has 0 atom stereocenters. The molecule has 1 aliphatic carbocycles. The van der Waals surface area contributed by atoms with Gasteiger partial charge in [0, 0.05) is 17.2 Å². The predicted octanol–water partition coefficient (Wildman–Crippen LogP) is 3.59. The molecule has 0 amide bonds. The van der Waals surface area contributed by atoms with Gasteiger partial charge < -0.3 is 10.3 Å². The monoisotopic (exact) mass is 257 g/mol. The van der Waals surface area contributed by atoms with Gasteiger partial charge in [0.25, 0.3) is 5.89 Å². The van der Waals surface area contributed by atoms with E-state index in [0.29, 0.717) is 11.8 Å². The van der Waals surface area contributed by atoms with Crippen LogP contribution in [0.15, 0.2) is 16.7 Å². The van der Waals surface area contributed by atoms with Crippen molar-refractivity contribution in [3.8, 4) is 11.5 Å². The zero-order valence-corrected chi connectivity index (χ0v) is 11.4. The van der Waals surface area contributed by atoms with Crippen LogP contribution in [0.2, 0.25) is 0 Å². The number of hydrogen-bond acceptors (Lipinski definition) is 4. The van der Waals surface area contributed by atoms with E-state index in [9.17, 15) is 0 Å². The van der Waals surface area contributed by atoms with Crippen LogP contribution in [0.25, 0.3) is 11.5 Å². The van der Waals surface area contributed by atoms with Crippen LogP contribution in [-0.2, 0) is 0 Å². The van der Waals surface area contributed by atoms with Gasteiger partial charge in [-0.25, -0.2) is 0 Å². The van der Waals surface area contributed by atoms with E-state index in [-0.39, 0.29) is 0 Å². The highest BCUT2D eigenvalue weighted by Crippen LogP contribution is 2.34. The molecule has 100 valence electrons. The number of rotatable bonds is 2. The smallest absolute Gasteiger partial charge is 0.258 e. The lowest BCUT2D eigenvalue weighted by molar-refractivity contribution is 0.415. The largest absolute Gasteiger partial charge is 0.399 e. The molecule has 19 heavy (non-hydrogen) atoms. The minimum atomic E-state index is 0.472. The van der Waals surface area contributed by atoms with Crippen molar-refractivity contribution in [1.29, 1.82) is 0 Å². The lowest BCUT2D eigenvalue weighted by Gasteiger charge is -2.06. The van der Waals surface area contributed by atoms with E-state index < -0.39 is 0 Å². The summed E-state index contributed by atoms with van der Waals surface area (Å²) in [6.45, 7) is 4.10. The maximum atomic E-state index is 5.90. The highest BCUT2D eigenvalue weighted by Gasteiger charge is 2.23. The normalized spacial score (nSPS) is 16.1. The Morgan fingerprint density at radius 2 is 1.95 bits per heavy atom. The summed E-state index contributed by atoms with van der Waals surface area (Å²) >= 11 is 0. The van der Waals surface area contributed by atoms with Crippen LogP contribution in [0, 0.1) is 13.8 Å². The van der Waals surface area contributed by atoms with Gasteiger partial charge in [-0.05, 0) is 49.9 Å². The molecule has 4 nitrogen and oxygen atoms in total. The molecule has 2 N–H and O–H groups in total. The van der Waals surface area contributed by atoms with Crippen molar-refractivity contribution in [2.45, 2.75) is 45.4 Å². The van der Waals surface area contributed by atoms with Crippen molar-refractivity contribution >= 4 is 5.69 Å². The molecule has 0 unspecified atom stereocenters. The van der Waals surface area contributed by atoms with Crippen molar-refractivity contribution in [3.05, 3.63) is 29.1 Å².